The van der Waals surface area contributed by atoms with E-state index in [2.05, 4.69) is 11.1 Å². The number of fused-ring (bicyclic) bond motifs is 1. The van der Waals surface area contributed by atoms with Gasteiger partial charge in [0.1, 0.15) is 5.75 Å². The van der Waals surface area contributed by atoms with Crippen LogP contribution < -0.4 is 9.64 Å². The summed E-state index contributed by atoms with van der Waals surface area (Å²) in [6, 6.07) is 17.3. The molecule has 0 spiro atoms. The molecule has 1 aromatic heterocycles. The summed E-state index contributed by atoms with van der Waals surface area (Å²) in [5.74, 6) is 0.740. The number of nitriles is 1. The second-order valence-corrected chi connectivity index (χ2v) is 6.80. The molecule has 0 fully saturated rings. The third-order valence-corrected chi connectivity index (χ3v) is 5.21. The van der Waals surface area contributed by atoms with Gasteiger partial charge in [-0.3, -0.25) is 4.79 Å². The molecule has 0 N–H and O–H groups in total. The summed E-state index contributed by atoms with van der Waals surface area (Å²) in [5, 5.41) is 9.74. The van der Waals surface area contributed by atoms with E-state index in [1.54, 1.807) is 18.1 Å². The zero-order valence-electron chi connectivity index (χ0n) is 15.3. The molecule has 3 aromatic rings. The first-order chi connectivity index (χ1) is 13.2. The average molecular weight is 380 g/mol. The molecule has 138 valence electrons. The summed E-state index contributed by atoms with van der Waals surface area (Å²) in [5.41, 5.74) is 2.60. The number of ether oxygens (including phenoxy) is 1. The van der Waals surface area contributed by atoms with E-state index < -0.39 is 0 Å². The van der Waals surface area contributed by atoms with Gasteiger partial charge in [-0.1, -0.05) is 36.0 Å². The van der Waals surface area contributed by atoms with E-state index in [1.165, 1.54) is 11.8 Å². The predicted octanol–water partition coefficient (Wildman–Crippen LogP) is 3.62. The molecule has 6 nitrogen and oxygen atoms in total. The Balaban J connectivity index is 1.80. The van der Waals surface area contributed by atoms with Crippen LogP contribution >= 0.6 is 11.8 Å². The quantitative estimate of drug-likeness (QED) is 0.586. The zero-order chi connectivity index (χ0) is 19.2. The van der Waals surface area contributed by atoms with Crippen LogP contribution in [0.4, 0.5) is 5.69 Å². The maximum absolute atomic E-state index is 12.9. The minimum atomic E-state index is -0.0909. The molecule has 3 rings (SSSR count). The van der Waals surface area contributed by atoms with Gasteiger partial charge in [0.15, 0.2) is 5.16 Å². The smallest absolute Gasteiger partial charge is 0.237 e. The summed E-state index contributed by atoms with van der Waals surface area (Å²) in [6.07, 6.45) is 0.251. The monoisotopic (exact) mass is 380 g/mol. The van der Waals surface area contributed by atoms with Gasteiger partial charge < -0.3 is 14.2 Å². The van der Waals surface area contributed by atoms with E-state index in [9.17, 15) is 4.79 Å². The van der Waals surface area contributed by atoms with Crippen molar-refractivity contribution >= 4 is 34.4 Å². The Kier molecular flexibility index (Phi) is 5.99. The van der Waals surface area contributed by atoms with E-state index >= 15 is 0 Å². The van der Waals surface area contributed by atoms with Crippen LogP contribution in [-0.2, 0) is 11.8 Å². The number of hydrogen-bond donors (Lipinski definition) is 0. The Morgan fingerprint density at radius 1 is 1.26 bits per heavy atom. The van der Waals surface area contributed by atoms with Gasteiger partial charge >= 0.3 is 0 Å². The van der Waals surface area contributed by atoms with Crippen molar-refractivity contribution in [2.75, 3.05) is 24.3 Å². The summed E-state index contributed by atoms with van der Waals surface area (Å²) >= 11 is 1.39. The van der Waals surface area contributed by atoms with Crippen LogP contribution in [0.2, 0.25) is 0 Å². The lowest BCUT2D eigenvalue weighted by atomic mass is 10.2. The molecule has 27 heavy (non-hydrogen) atoms. The van der Waals surface area contributed by atoms with Crippen LogP contribution in [0.3, 0.4) is 0 Å². The van der Waals surface area contributed by atoms with Crippen molar-refractivity contribution in [3.63, 3.8) is 0 Å². The van der Waals surface area contributed by atoms with Gasteiger partial charge in [0, 0.05) is 13.6 Å². The van der Waals surface area contributed by atoms with E-state index in [-0.39, 0.29) is 18.1 Å². The van der Waals surface area contributed by atoms with Gasteiger partial charge in [-0.25, -0.2) is 4.98 Å². The van der Waals surface area contributed by atoms with Gasteiger partial charge in [0.2, 0.25) is 5.91 Å². The standard InChI is InChI=1S/C20H20N4O2S/c1-23-16-9-4-3-8-15(16)22-20(23)27-14-19(25)24(13-7-12-21)17-10-5-6-11-18(17)26-2/h3-6,8-11H,7,13-14H2,1-2H3. The highest BCUT2D eigenvalue weighted by atomic mass is 32.2. The second-order valence-electron chi connectivity index (χ2n) is 5.86. The van der Waals surface area contributed by atoms with Crippen LogP contribution in [0, 0.1) is 11.3 Å². The molecule has 0 saturated carbocycles. The average Bonchev–Trinajstić information content (AvgIpc) is 3.03. The molecule has 0 atom stereocenters. The number of hydrogen-bond acceptors (Lipinski definition) is 5. The number of para-hydroxylation sites is 4. The van der Waals surface area contributed by atoms with E-state index in [0.29, 0.717) is 18.0 Å². The molecular weight excluding hydrogens is 360 g/mol. The van der Waals surface area contributed by atoms with Crippen LogP contribution in [0.1, 0.15) is 6.42 Å². The van der Waals surface area contributed by atoms with Crippen molar-refractivity contribution in [3.8, 4) is 11.8 Å². The number of thioether (sulfide) groups is 1. The number of carbonyl (C=O) groups is 1. The van der Waals surface area contributed by atoms with E-state index in [1.807, 2.05) is 54.1 Å². The number of carbonyl (C=O) groups excluding carboxylic acids is 1. The van der Waals surface area contributed by atoms with Crippen molar-refractivity contribution in [3.05, 3.63) is 48.5 Å². The molecule has 0 aliphatic heterocycles. The van der Waals surface area contributed by atoms with E-state index in [4.69, 9.17) is 10.00 Å². The molecule has 0 bridgehead atoms. The lowest BCUT2D eigenvalue weighted by Gasteiger charge is -2.23. The van der Waals surface area contributed by atoms with Crippen molar-refractivity contribution < 1.29 is 9.53 Å². The first-order valence-corrected chi connectivity index (χ1v) is 9.49. The molecule has 1 amide bonds. The molecule has 2 aromatic carbocycles. The maximum Gasteiger partial charge on any atom is 0.237 e. The minimum Gasteiger partial charge on any atom is -0.495 e. The number of aryl methyl sites for hydroxylation is 1. The lowest BCUT2D eigenvalue weighted by Crippen LogP contribution is -2.33. The molecule has 0 saturated heterocycles. The summed E-state index contributed by atoms with van der Waals surface area (Å²) in [7, 11) is 3.51. The third kappa shape index (κ3) is 4.07. The SMILES string of the molecule is COc1ccccc1N(CCC#N)C(=O)CSc1nc2ccccc2n1C. The van der Waals surface area contributed by atoms with Gasteiger partial charge in [-0.15, -0.1) is 0 Å². The summed E-state index contributed by atoms with van der Waals surface area (Å²) < 4.78 is 7.36. The van der Waals surface area contributed by atoms with Crippen LogP contribution in [0.5, 0.6) is 5.75 Å². The van der Waals surface area contributed by atoms with Crippen LogP contribution in [0.15, 0.2) is 53.7 Å². The number of amides is 1. The van der Waals surface area contributed by atoms with Crippen LogP contribution in [0.25, 0.3) is 11.0 Å². The minimum absolute atomic E-state index is 0.0909. The van der Waals surface area contributed by atoms with E-state index in [0.717, 1.165) is 16.2 Å². The Morgan fingerprint density at radius 2 is 2.00 bits per heavy atom. The Hall–Kier alpha value is -2.98. The highest BCUT2D eigenvalue weighted by Gasteiger charge is 2.20. The summed E-state index contributed by atoms with van der Waals surface area (Å²) in [4.78, 5) is 19.1. The molecule has 0 aliphatic carbocycles. The normalized spacial score (nSPS) is 10.6. The number of anilines is 1. The van der Waals surface area contributed by atoms with Crippen molar-refractivity contribution in [1.82, 2.24) is 9.55 Å². The molecule has 0 radical (unpaired) electrons. The fourth-order valence-electron chi connectivity index (χ4n) is 2.85. The zero-order valence-corrected chi connectivity index (χ0v) is 16.1. The lowest BCUT2D eigenvalue weighted by molar-refractivity contribution is -0.116. The fourth-order valence-corrected chi connectivity index (χ4v) is 3.71. The summed E-state index contributed by atoms with van der Waals surface area (Å²) in [6.45, 7) is 0.318. The van der Waals surface area contributed by atoms with Gasteiger partial charge in [-0.05, 0) is 24.3 Å². The van der Waals surface area contributed by atoms with Crippen LogP contribution in [-0.4, -0.2) is 34.9 Å². The number of rotatable bonds is 7. The maximum atomic E-state index is 12.9. The number of nitrogens with zero attached hydrogens (tertiary/aromatic N) is 4. The number of imidazole rings is 1. The largest absolute Gasteiger partial charge is 0.495 e. The number of benzene rings is 2. The molecule has 1 heterocycles. The molecule has 0 unspecified atom stereocenters. The Morgan fingerprint density at radius 3 is 2.74 bits per heavy atom. The molecular formula is C20H20N4O2S. The number of methoxy groups -OCH3 is 1. The van der Waals surface area contributed by atoms with Gasteiger partial charge in [-0.2, -0.15) is 5.26 Å². The molecule has 0 aliphatic rings. The van der Waals surface area contributed by atoms with Crippen molar-refractivity contribution in [2.45, 2.75) is 11.6 Å². The second kappa shape index (κ2) is 8.60. The van der Waals surface area contributed by atoms with Gasteiger partial charge in [0.25, 0.3) is 0 Å². The fraction of sp³-hybridized carbons (Fsp3) is 0.250. The highest BCUT2D eigenvalue weighted by molar-refractivity contribution is 7.99. The first-order valence-electron chi connectivity index (χ1n) is 8.50. The van der Waals surface area contributed by atoms with Crippen molar-refractivity contribution in [2.24, 2.45) is 7.05 Å². The number of aromatic nitrogens is 2. The topological polar surface area (TPSA) is 71.2 Å². The van der Waals surface area contributed by atoms with Gasteiger partial charge in [0.05, 0.1) is 42.1 Å². The Labute approximate surface area is 162 Å². The molecule has 7 heteroatoms. The Bertz CT molecular complexity index is 993. The predicted molar refractivity (Wildman–Crippen MR) is 107 cm³/mol. The highest BCUT2D eigenvalue weighted by Crippen LogP contribution is 2.29. The van der Waals surface area contributed by atoms with Crippen molar-refractivity contribution in [1.29, 1.82) is 5.26 Å². The first kappa shape index (κ1) is 18.8. The third-order valence-electron chi connectivity index (χ3n) is 4.20.